The Morgan fingerprint density at radius 2 is 1.66 bits per heavy atom. The molecule has 1 aromatic carbocycles. The summed E-state index contributed by atoms with van der Waals surface area (Å²) in [4.78, 5) is 12.3. The highest BCUT2D eigenvalue weighted by Gasteiger charge is 2.45. The van der Waals surface area contributed by atoms with Crippen LogP contribution in [0.1, 0.15) is 51.9 Å². The zero-order valence-electron chi connectivity index (χ0n) is 19.0. The SMILES string of the molecule is CC(C)(C)OC1C(COC(=O)c2ccccc2)=CC(O[Si](C)(C)C(C)(C)C)C1O. The number of aliphatic hydroxyl groups is 1. The van der Waals surface area contributed by atoms with E-state index >= 15 is 0 Å². The van der Waals surface area contributed by atoms with Crippen LogP contribution in [0.15, 0.2) is 42.0 Å². The molecular formula is C23H36O5Si. The second kappa shape index (κ2) is 8.72. The van der Waals surface area contributed by atoms with E-state index < -0.39 is 38.2 Å². The average Bonchev–Trinajstić information content (AvgIpc) is 2.86. The van der Waals surface area contributed by atoms with Crippen molar-refractivity contribution < 1.29 is 23.8 Å². The van der Waals surface area contributed by atoms with Gasteiger partial charge >= 0.3 is 5.97 Å². The highest BCUT2D eigenvalue weighted by molar-refractivity contribution is 6.74. The molecule has 0 spiro atoms. The van der Waals surface area contributed by atoms with Crippen molar-refractivity contribution in [1.29, 1.82) is 0 Å². The largest absolute Gasteiger partial charge is 0.457 e. The molecule has 0 aromatic heterocycles. The Hall–Kier alpha value is -1.47. The third kappa shape index (κ3) is 6.25. The molecule has 0 bridgehead atoms. The van der Waals surface area contributed by atoms with Gasteiger partial charge in [0.2, 0.25) is 0 Å². The topological polar surface area (TPSA) is 65.0 Å². The van der Waals surface area contributed by atoms with E-state index in [-0.39, 0.29) is 11.6 Å². The lowest BCUT2D eigenvalue weighted by atomic mass is 10.1. The van der Waals surface area contributed by atoms with Crippen LogP contribution in [0, 0.1) is 0 Å². The molecule has 0 saturated carbocycles. The predicted molar refractivity (Wildman–Crippen MR) is 118 cm³/mol. The summed E-state index contributed by atoms with van der Waals surface area (Å²) in [6, 6.07) is 8.87. The summed E-state index contributed by atoms with van der Waals surface area (Å²) in [5, 5.41) is 11.0. The van der Waals surface area contributed by atoms with Gasteiger partial charge in [-0.3, -0.25) is 0 Å². The first-order valence-electron chi connectivity index (χ1n) is 10.2. The fourth-order valence-corrected chi connectivity index (χ4v) is 4.12. The Labute approximate surface area is 176 Å². The zero-order chi connectivity index (χ0) is 22.0. The quantitative estimate of drug-likeness (QED) is 0.410. The van der Waals surface area contributed by atoms with Crippen LogP contribution in [0.4, 0.5) is 0 Å². The van der Waals surface area contributed by atoms with Crippen LogP contribution < -0.4 is 0 Å². The van der Waals surface area contributed by atoms with Gasteiger partial charge in [0.05, 0.1) is 17.3 Å². The second-order valence-corrected chi connectivity index (χ2v) is 14.9. The number of hydrogen-bond acceptors (Lipinski definition) is 5. The molecule has 3 unspecified atom stereocenters. The van der Waals surface area contributed by atoms with E-state index in [1.165, 1.54) is 0 Å². The van der Waals surface area contributed by atoms with Gasteiger partial charge in [-0.25, -0.2) is 4.79 Å². The summed E-state index contributed by atoms with van der Waals surface area (Å²) < 4.78 is 18.1. The molecule has 1 aliphatic rings. The lowest BCUT2D eigenvalue weighted by Crippen LogP contribution is -2.48. The monoisotopic (exact) mass is 420 g/mol. The molecule has 0 aliphatic heterocycles. The first kappa shape index (κ1) is 23.8. The summed E-state index contributed by atoms with van der Waals surface area (Å²) in [6.45, 7) is 16.7. The Bertz CT molecular complexity index is 728. The number of carbonyl (C=O) groups excluding carboxylic acids is 1. The first-order valence-corrected chi connectivity index (χ1v) is 13.1. The molecule has 0 radical (unpaired) electrons. The molecular weight excluding hydrogens is 384 g/mol. The van der Waals surface area contributed by atoms with Crippen molar-refractivity contribution >= 4 is 14.3 Å². The molecule has 0 fully saturated rings. The summed E-state index contributed by atoms with van der Waals surface area (Å²) in [6.07, 6.45) is -0.0180. The van der Waals surface area contributed by atoms with Gasteiger partial charge in [-0.05, 0) is 62.7 Å². The average molecular weight is 421 g/mol. The van der Waals surface area contributed by atoms with E-state index in [0.29, 0.717) is 5.56 Å². The number of rotatable bonds is 6. The number of esters is 1. The van der Waals surface area contributed by atoms with Crippen molar-refractivity contribution in [2.45, 2.75) is 83.6 Å². The van der Waals surface area contributed by atoms with Crippen LogP contribution >= 0.6 is 0 Å². The van der Waals surface area contributed by atoms with Crippen LogP contribution in [-0.4, -0.2) is 49.9 Å². The molecule has 1 N–H and O–H groups in total. The molecule has 29 heavy (non-hydrogen) atoms. The van der Waals surface area contributed by atoms with Gasteiger partial charge in [0.15, 0.2) is 8.32 Å². The van der Waals surface area contributed by atoms with E-state index in [1.54, 1.807) is 24.3 Å². The van der Waals surface area contributed by atoms with E-state index in [2.05, 4.69) is 33.9 Å². The Morgan fingerprint density at radius 1 is 1.07 bits per heavy atom. The van der Waals surface area contributed by atoms with Gasteiger partial charge in [0, 0.05) is 0 Å². The molecule has 0 heterocycles. The smallest absolute Gasteiger partial charge is 0.338 e. The molecule has 6 heteroatoms. The van der Waals surface area contributed by atoms with Gasteiger partial charge < -0.3 is 19.0 Å². The summed E-state index contributed by atoms with van der Waals surface area (Å²) in [5.74, 6) is -0.399. The van der Waals surface area contributed by atoms with Gasteiger partial charge in [-0.2, -0.15) is 0 Å². The molecule has 5 nitrogen and oxygen atoms in total. The van der Waals surface area contributed by atoms with Crippen molar-refractivity contribution in [2.24, 2.45) is 0 Å². The number of benzene rings is 1. The lowest BCUT2D eigenvalue weighted by molar-refractivity contribution is -0.106. The number of ether oxygens (including phenoxy) is 2. The van der Waals surface area contributed by atoms with E-state index in [9.17, 15) is 9.90 Å². The third-order valence-electron chi connectivity index (χ3n) is 5.49. The van der Waals surface area contributed by atoms with Crippen LogP contribution in [-0.2, 0) is 13.9 Å². The number of hydrogen-bond donors (Lipinski definition) is 1. The minimum atomic E-state index is -2.09. The van der Waals surface area contributed by atoms with Crippen molar-refractivity contribution in [2.75, 3.05) is 6.61 Å². The van der Waals surface area contributed by atoms with Crippen LogP contribution in [0.25, 0.3) is 0 Å². The van der Waals surface area contributed by atoms with E-state index in [0.717, 1.165) is 5.57 Å². The molecule has 0 saturated heterocycles. The van der Waals surface area contributed by atoms with Gasteiger partial charge in [-0.15, -0.1) is 0 Å². The van der Waals surface area contributed by atoms with Gasteiger partial charge in [0.1, 0.15) is 18.8 Å². The van der Waals surface area contributed by atoms with E-state index in [4.69, 9.17) is 13.9 Å². The van der Waals surface area contributed by atoms with Crippen molar-refractivity contribution in [3.05, 3.63) is 47.5 Å². The summed E-state index contributed by atoms with van der Waals surface area (Å²) in [5.41, 5.74) is 0.773. The third-order valence-corrected chi connectivity index (χ3v) is 9.96. The Kier molecular flexibility index (Phi) is 7.16. The first-order chi connectivity index (χ1) is 13.2. The molecule has 162 valence electrons. The van der Waals surface area contributed by atoms with E-state index in [1.807, 2.05) is 32.9 Å². The Balaban J connectivity index is 2.18. The lowest BCUT2D eigenvalue weighted by Gasteiger charge is -2.39. The predicted octanol–water partition coefficient (Wildman–Crippen LogP) is 4.72. The Morgan fingerprint density at radius 3 is 2.17 bits per heavy atom. The van der Waals surface area contributed by atoms with Crippen molar-refractivity contribution in [3.63, 3.8) is 0 Å². The van der Waals surface area contributed by atoms with Crippen LogP contribution in [0.3, 0.4) is 0 Å². The minimum Gasteiger partial charge on any atom is -0.457 e. The number of carbonyl (C=O) groups is 1. The molecule has 0 amide bonds. The maximum absolute atomic E-state index is 12.3. The maximum atomic E-state index is 12.3. The second-order valence-electron chi connectivity index (χ2n) is 10.2. The number of aliphatic hydroxyl groups excluding tert-OH is 1. The molecule has 1 aliphatic carbocycles. The summed E-state index contributed by atoms with van der Waals surface area (Å²) in [7, 11) is -2.09. The summed E-state index contributed by atoms with van der Waals surface area (Å²) >= 11 is 0. The highest BCUT2D eigenvalue weighted by Crippen LogP contribution is 2.40. The fourth-order valence-electron chi connectivity index (χ4n) is 2.88. The van der Waals surface area contributed by atoms with Crippen LogP contribution in [0.2, 0.25) is 18.1 Å². The van der Waals surface area contributed by atoms with Crippen molar-refractivity contribution in [3.8, 4) is 0 Å². The minimum absolute atomic E-state index is 0.0173. The van der Waals surface area contributed by atoms with Gasteiger partial charge in [-0.1, -0.05) is 39.0 Å². The maximum Gasteiger partial charge on any atom is 0.338 e. The van der Waals surface area contributed by atoms with Crippen molar-refractivity contribution in [1.82, 2.24) is 0 Å². The standard InChI is InChI=1S/C23H36O5Si/c1-22(2,3)27-20-17(15-26-21(25)16-12-10-9-11-13-16)14-18(19(20)24)28-29(7,8)23(4,5)6/h9-14,18-20,24H,15H2,1-8H3. The fraction of sp³-hybridized carbons (Fsp3) is 0.609. The molecule has 1 aromatic rings. The highest BCUT2D eigenvalue weighted by atomic mass is 28.4. The normalized spacial score (nSPS) is 23.1. The molecule has 2 rings (SSSR count). The zero-order valence-corrected chi connectivity index (χ0v) is 20.0. The molecule has 3 atom stereocenters. The van der Waals surface area contributed by atoms with Crippen LogP contribution in [0.5, 0.6) is 0 Å². The van der Waals surface area contributed by atoms with Gasteiger partial charge in [0.25, 0.3) is 0 Å².